The Bertz CT molecular complexity index is 577. The number of amides is 2. The first-order chi connectivity index (χ1) is 12.3. The van der Waals surface area contributed by atoms with Gasteiger partial charge in [-0.3, -0.25) is 19.4 Å². The number of nitrogens with zero attached hydrogens (tertiary/aromatic N) is 2. The third-order valence-corrected chi connectivity index (χ3v) is 4.87. The van der Waals surface area contributed by atoms with Crippen molar-refractivity contribution in [1.29, 1.82) is 0 Å². The smallest absolute Gasteiger partial charge is 0.305 e. The number of fused-ring (bicyclic) bond motifs is 1. The van der Waals surface area contributed by atoms with Crippen molar-refractivity contribution in [3.8, 4) is 0 Å². The van der Waals surface area contributed by atoms with Crippen molar-refractivity contribution in [2.45, 2.75) is 56.7 Å². The molecule has 10 nitrogen and oxygen atoms in total. The molecule has 2 aliphatic rings. The molecule has 0 aliphatic carbocycles. The highest BCUT2D eigenvalue weighted by Crippen LogP contribution is 2.37. The predicted molar refractivity (Wildman–Crippen MR) is 92.9 cm³/mol. The molecular weight excluding hydrogens is 342 g/mol. The van der Waals surface area contributed by atoms with Gasteiger partial charge in [-0.25, -0.2) is 0 Å². The highest BCUT2D eigenvalue weighted by atomic mass is 16.4. The van der Waals surface area contributed by atoms with E-state index in [1.807, 2.05) is 0 Å². The number of carboxylic acids is 1. The van der Waals surface area contributed by atoms with Crippen LogP contribution in [0.5, 0.6) is 0 Å². The third-order valence-electron chi connectivity index (χ3n) is 4.87. The van der Waals surface area contributed by atoms with E-state index in [9.17, 15) is 19.5 Å². The maximum absolute atomic E-state index is 12.8. The number of rotatable bonds is 8. The van der Waals surface area contributed by atoms with Gasteiger partial charge >= 0.3 is 5.97 Å². The van der Waals surface area contributed by atoms with Gasteiger partial charge in [-0.1, -0.05) is 0 Å². The van der Waals surface area contributed by atoms with Crippen molar-refractivity contribution in [3.63, 3.8) is 0 Å². The molecule has 7 N–H and O–H groups in total. The lowest BCUT2D eigenvalue weighted by molar-refractivity contribution is -0.145. The summed E-state index contributed by atoms with van der Waals surface area (Å²) in [7, 11) is 0. The Kier molecular flexibility index (Phi) is 6.78. The summed E-state index contributed by atoms with van der Waals surface area (Å²) in [6.07, 6.45) is 1.65. The number of aliphatic hydroxyl groups excluding tert-OH is 1. The van der Waals surface area contributed by atoms with Crippen LogP contribution in [0, 0.1) is 5.92 Å². The number of carboxylic acid groups (broad SMARTS) is 1. The number of carbonyl (C=O) groups is 3. The average molecular weight is 369 g/mol. The molecule has 4 atom stereocenters. The molecule has 0 radical (unpaired) electrons. The molecule has 0 aromatic rings. The Morgan fingerprint density at radius 3 is 2.65 bits per heavy atom. The SMILES string of the molecule is NC(N)=NCCC[C@H]1C[C@@H]2C[C@H](O)C[C@@H](C(=O)NCCC(=O)O)N2C1=O. The fourth-order valence-electron chi connectivity index (χ4n) is 3.76. The lowest BCUT2D eigenvalue weighted by Crippen LogP contribution is -2.56. The molecule has 2 amide bonds. The Labute approximate surface area is 151 Å². The van der Waals surface area contributed by atoms with E-state index in [2.05, 4.69) is 10.3 Å². The van der Waals surface area contributed by atoms with Gasteiger partial charge in [0, 0.05) is 31.5 Å². The molecule has 2 heterocycles. The summed E-state index contributed by atoms with van der Waals surface area (Å²) in [6.45, 7) is 0.438. The van der Waals surface area contributed by atoms with Crippen molar-refractivity contribution in [1.82, 2.24) is 10.2 Å². The maximum atomic E-state index is 12.8. The molecule has 2 saturated heterocycles. The summed E-state index contributed by atoms with van der Waals surface area (Å²) in [6, 6.07) is -0.928. The van der Waals surface area contributed by atoms with Crippen LogP contribution in [0.3, 0.4) is 0 Å². The van der Waals surface area contributed by atoms with Gasteiger partial charge in [-0.05, 0) is 25.7 Å². The molecular formula is C16H27N5O5. The fraction of sp³-hybridized carbons (Fsp3) is 0.750. The van der Waals surface area contributed by atoms with Crippen molar-refractivity contribution in [2.75, 3.05) is 13.1 Å². The zero-order chi connectivity index (χ0) is 19.3. The molecule has 0 bridgehead atoms. The summed E-state index contributed by atoms with van der Waals surface area (Å²) in [5, 5.41) is 21.3. The summed E-state index contributed by atoms with van der Waals surface area (Å²) in [5.41, 5.74) is 10.6. The van der Waals surface area contributed by atoms with Crippen LogP contribution >= 0.6 is 0 Å². The molecule has 10 heteroatoms. The maximum Gasteiger partial charge on any atom is 0.305 e. The lowest BCUT2D eigenvalue weighted by atomic mass is 9.92. The molecule has 2 rings (SSSR count). The summed E-state index contributed by atoms with van der Waals surface area (Å²) >= 11 is 0. The number of nitrogens with two attached hydrogens (primary N) is 2. The molecule has 2 fully saturated rings. The fourth-order valence-corrected chi connectivity index (χ4v) is 3.76. The molecule has 0 aromatic carbocycles. The minimum absolute atomic E-state index is 0.00456. The van der Waals surface area contributed by atoms with Crippen molar-refractivity contribution < 1.29 is 24.6 Å². The van der Waals surface area contributed by atoms with Crippen LogP contribution in [-0.2, 0) is 14.4 Å². The van der Waals surface area contributed by atoms with Gasteiger partial charge in [0.25, 0.3) is 0 Å². The molecule has 0 saturated carbocycles. The number of piperidine rings is 1. The first-order valence-corrected chi connectivity index (χ1v) is 8.84. The number of nitrogens with one attached hydrogen (secondary N) is 1. The zero-order valence-electron chi connectivity index (χ0n) is 14.6. The summed E-state index contributed by atoms with van der Waals surface area (Å²) in [5.74, 6) is -1.71. The number of guanidine groups is 1. The van der Waals surface area contributed by atoms with Crippen molar-refractivity contribution in [2.24, 2.45) is 22.4 Å². The van der Waals surface area contributed by atoms with Crippen LogP contribution in [-0.4, -0.2) is 70.1 Å². The second kappa shape index (κ2) is 8.84. The lowest BCUT2D eigenvalue weighted by Gasteiger charge is -2.39. The number of aliphatic hydroxyl groups is 1. The normalized spacial score (nSPS) is 27.7. The van der Waals surface area contributed by atoms with E-state index in [1.165, 1.54) is 0 Å². The van der Waals surface area contributed by atoms with E-state index in [0.717, 1.165) is 0 Å². The van der Waals surface area contributed by atoms with Crippen LogP contribution in [0.15, 0.2) is 4.99 Å². The number of carbonyl (C=O) groups excluding carboxylic acids is 2. The molecule has 146 valence electrons. The number of hydrogen-bond donors (Lipinski definition) is 5. The Morgan fingerprint density at radius 1 is 1.27 bits per heavy atom. The minimum atomic E-state index is -1.01. The van der Waals surface area contributed by atoms with Crippen LogP contribution in [0.25, 0.3) is 0 Å². The first kappa shape index (κ1) is 20.0. The van der Waals surface area contributed by atoms with E-state index in [4.69, 9.17) is 16.6 Å². The third kappa shape index (κ3) is 5.07. The highest BCUT2D eigenvalue weighted by Gasteiger charge is 2.48. The topological polar surface area (TPSA) is 171 Å². The number of hydrogen-bond acceptors (Lipinski definition) is 5. The van der Waals surface area contributed by atoms with Gasteiger partial charge in [0.05, 0.1) is 12.5 Å². The van der Waals surface area contributed by atoms with E-state index in [1.54, 1.807) is 4.90 Å². The number of aliphatic carboxylic acids is 1. The quantitative estimate of drug-likeness (QED) is 0.194. The second-order valence-corrected chi connectivity index (χ2v) is 6.86. The first-order valence-electron chi connectivity index (χ1n) is 8.84. The minimum Gasteiger partial charge on any atom is -0.481 e. The largest absolute Gasteiger partial charge is 0.481 e. The summed E-state index contributed by atoms with van der Waals surface area (Å²) in [4.78, 5) is 41.2. The highest BCUT2D eigenvalue weighted by molar-refractivity contribution is 5.90. The molecule has 0 aromatic heterocycles. The van der Waals surface area contributed by atoms with Gasteiger partial charge in [-0.2, -0.15) is 0 Å². The summed E-state index contributed by atoms with van der Waals surface area (Å²) < 4.78 is 0. The Hall–Kier alpha value is -2.36. The predicted octanol–water partition coefficient (Wildman–Crippen LogP) is -1.63. The monoisotopic (exact) mass is 369 g/mol. The van der Waals surface area contributed by atoms with Gasteiger partial charge in [0.15, 0.2) is 5.96 Å². The van der Waals surface area contributed by atoms with Crippen LogP contribution in [0.1, 0.15) is 38.5 Å². The van der Waals surface area contributed by atoms with Crippen LogP contribution in [0.2, 0.25) is 0 Å². The molecule has 0 unspecified atom stereocenters. The Balaban J connectivity index is 1.96. The second-order valence-electron chi connectivity index (χ2n) is 6.86. The van der Waals surface area contributed by atoms with Gasteiger partial charge in [-0.15, -0.1) is 0 Å². The number of aliphatic imine (C=N–C) groups is 1. The Morgan fingerprint density at radius 2 is 2.00 bits per heavy atom. The van der Waals surface area contributed by atoms with Crippen molar-refractivity contribution in [3.05, 3.63) is 0 Å². The van der Waals surface area contributed by atoms with E-state index in [0.29, 0.717) is 32.2 Å². The molecule has 2 aliphatic heterocycles. The van der Waals surface area contributed by atoms with Gasteiger partial charge < -0.3 is 31.9 Å². The average Bonchev–Trinajstić information content (AvgIpc) is 2.86. The molecule has 26 heavy (non-hydrogen) atoms. The van der Waals surface area contributed by atoms with Crippen LogP contribution in [0.4, 0.5) is 0 Å². The zero-order valence-corrected chi connectivity index (χ0v) is 14.6. The van der Waals surface area contributed by atoms with E-state index < -0.39 is 24.0 Å². The van der Waals surface area contributed by atoms with Crippen molar-refractivity contribution >= 4 is 23.7 Å². The van der Waals surface area contributed by atoms with Gasteiger partial charge in [0.1, 0.15) is 6.04 Å². The van der Waals surface area contributed by atoms with Crippen LogP contribution < -0.4 is 16.8 Å². The standard InChI is InChI=1S/C16H27N5O5/c17-16(18)20-4-1-2-9-6-10-7-11(22)8-12(21(10)15(9)26)14(25)19-5-3-13(23)24/h9-12,22H,1-8H2,(H,19,25)(H,23,24)(H4,17,18,20)/t9-,10+,11-,12-/m0/s1. The van der Waals surface area contributed by atoms with Gasteiger partial charge in [0.2, 0.25) is 11.8 Å². The van der Waals surface area contributed by atoms with E-state index >= 15 is 0 Å². The molecule has 0 spiro atoms. The van der Waals surface area contributed by atoms with E-state index in [-0.39, 0.29) is 43.2 Å².